The fourth-order valence-corrected chi connectivity index (χ4v) is 5.57. The molecule has 0 spiro atoms. The number of thiophene rings is 1. The standard InChI is InChI=1S/C19H29N3O2S2/c1-6-22-18(23)16-13(4)14(5)26-17(16)20-19(22)25-11-15-10-21(7-8-24-15)9-12(2)3/h12,15H,6-11H2,1-5H3/t15-/m1/s1. The molecule has 1 aliphatic heterocycles. The van der Waals surface area contributed by atoms with Gasteiger partial charge in [-0.2, -0.15) is 0 Å². The Morgan fingerprint density at radius 1 is 1.38 bits per heavy atom. The normalized spacial score (nSPS) is 18.9. The highest BCUT2D eigenvalue weighted by atomic mass is 32.2. The molecule has 2 aromatic rings. The van der Waals surface area contributed by atoms with Crippen molar-refractivity contribution in [3.05, 3.63) is 20.8 Å². The molecule has 0 bridgehead atoms. The van der Waals surface area contributed by atoms with Gasteiger partial charge in [-0.05, 0) is 32.3 Å². The lowest BCUT2D eigenvalue weighted by Crippen LogP contribution is -2.44. The number of fused-ring (bicyclic) bond motifs is 1. The molecule has 26 heavy (non-hydrogen) atoms. The second-order valence-electron chi connectivity index (χ2n) is 7.36. The Bertz CT molecular complexity index is 828. The van der Waals surface area contributed by atoms with E-state index in [1.54, 1.807) is 27.7 Å². The quantitative estimate of drug-likeness (QED) is 0.553. The van der Waals surface area contributed by atoms with E-state index in [-0.39, 0.29) is 11.7 Å². The lowest BCUT2D eigenvalue weighted by molar-refractivity contribution is -0.0191. The molecule has 1 atom stereocenters. The van der Waals surface area contributed by atoms with Crippen molar-refractivity contribution in [1.82, 2.24) is 14.5 Å². The van der Waals surface area contributed by atoms with Gasteiger partial charge in [-0.15, -0.1) is 11.3 Å². The number of aromatic nitrogens is 2. The maximum Gasteiger partial charge on any atom is 0.263 e. The van der Waals surface area contributed by atoms with Crippen LogP contribution in [0.3, 0.4) is 0 Å². The van der Waals surface area contributed by atoms with Gasteiger partial charge < -0.3 is 4.74 Å². The summed E-state index contributed by atoms with van der Waals surface area (Å²) in [6.07, 6.45) is 0.192. The lowest BCUT2D eigenvalue weighted by Gasteiger charge is -2.33. The third-order valence-electron chi connectivity index (χ3n) is 4.81. The lowest BCUT2D eigenvalue weighted by atomic mass is 10.2. The zero-order valence-electron chi connectivity index (χ0n) is 16.4. The predicted octanol–water partition coefficient (Wildman–Crippen LogP) is 3.54. The fourth-order valence-electron chi connectivity index (χ4n) is 3.43. The van der Waals surface area contributed by atoms with Crippen molar-refractivity contribution in [1.29, 1.82) is 0 Å². The van der Waals surface area contributed by atoms with Crippen LogP contribution in [0.1, 0.15) is 31.2 Å². The number of rotatable bonds is 6. The van der Waals surface area contributed by atoms with Crippen LogP contribution in [0.25, 0.3) is 10.2 Å². The molecule has 0 N–H and O–H groups in total. The summed E-state index contributed by atoms with van der Waals surface area (Å²) in [6.45, 7) is 15.1. The van der Waals surface area contributed by atoms with Crippen LogP contribution in [-0.4, -0.2) is 52.5 Å². The van der Waals surface area contributed by atoms with E-state index >= 15 is 0 Å². The molecule has 3 rings (SSSR count). The summed E-state index contributed by atoms with van der Waals surface area (Å²) in [4.78, 5) is 22.3. The summed E-state index contributed by atoms with van der Waals surface area (Å²) < 4.78 is 7.76. The molecule has 0 radical (unpaired) electrons. The zero-order valence-corrected chi connectivity index (χ0v) is 18.0. The number of ether oxygens (including phenoxy) is 1. The van der Waals surface area contributed by atoms with Gasteiger partial charge in [0.1, 0.15) is 4.83 Å². The van der Waals surface area contributed by atoms with Crippen LogP contribution in [-0.2, 0) is 11.3 Å². The summed E-state index contributed by atoms with van der Waals surface area (Å²) in [5, 5.41) is 1.60. The van der Waals surface area contributed by atoms with E-state index in [9.17, 15) is 4.79 Å². The minimum absolute atomic E-state index is 0.0906. The van der Waals surface area contributed by atoms with Gasteiger partial charge in [-0.25, -0.2) is 4.98 Å². The highest BCUT2D eigenvalue weighted by molar-refractivity contribution is 7.99. The second-order valence-corrected chi connectivity index (χ2v) is 9.55. The largest absolute Gasteiger partial charge is 0.375 e. The fraction of sp³-hybridized carbons (Fsp3) is 0.684. The van der Waals surface area contributed by atoms with E-state index < -0.39 is 0 Å². The smallest absolute Gasteiger partial charge is 0.263 e. The van der Waals surface area contributed by atoms with Gasteiger partial charge in [0.05, 0.1) is 18.1 Å². The molecular weight excluding hydrogens is 366 g/mol. The molecule has 144 valence electrons. The molecule has 3 heterocycles. The van der Waals surface area contributed by atoms with Crippen LogP contribution in [0.15, 0.2) is 9.95 Å². The first-order valence-electron chi connectivity index (χ1n) is 9.38. The third kappa shape index (κ3) is 4.16. The van der Waals surface area contributed by atoms with Crippen LogP contribution >= 0.6 is 23.1 Å². The molecule has 5 nitrogen and oxygen atoms in total. The Morgan fingerprint density at radius 2 is 2.15 bits per heavy atom. The number of nitrogens with zero attached hydrogens (tertiary/aromatic N) is 3. The SMILES string of the molecule is CCn1c(SC[C@H]2CN(CC(C)C)CCO2)nc2sc(C)c(C)c2c1=O. The Morgan fingerprint density at radius 3 is 2.85 bits per heavy atom. The first kappa shape index (κ1) is 19.9. The highest BCUT2D eigenvalue weighted by Gasteiger charge is 2.23. The summed E-state index contributed by atoms with van der Waals surface area (Å²) >= 11 is 3.27. The molecule has 0 unspecified atom stereocenters. The number of hydrogen-bond acceptors (Lipinski definition) is 6. The number of aryl methyl sites for hydroxylation is 2. The Kier molecular flexibility index (Phi) is 6.43. The first-order chi connectivity index (χ1) is 12.4. The molecule has 1 saturated heterocycles. The van der Waals surface area contributed by atoms with Crippen molar-refractivity contribution in [2.75, 3.05) is 32.0 Å². The van der Waals surface area contributed by atoms with E-state index in [0.29, 0.717) is 12.5 Å². The minimum atomic E-state index is 0.0906. The maximum absolute atomic E-state index is 12.9. The summed E-state index contributed by atoms with van der Waals surface area (Å²) in [6, 6.07) is 0. The molecule has 0 aromatic carbocycles. The van der Waals surface area contributed by atoms with Gasteiger partial charge in [-0.3, -0.25) is 14.3 Å². The van der Waals surface area contributed by atoms with Crippen molar-refractivity contribution in [2.24, 2.45) is 5.92 Å². The Balaban J connectivity index is 1.77. The second kappa shape index (κ2) is 8.42. The summed E-state index contributed by atoms with van der Waals surface area (Å²) in [5.41, 5.74) is 1.16. The van der Waals surface area contributed by atoms with Crippen LogP contribution in [0.2, 0.25) is 0 Å². The summed E-state index contributed by atoms with van der Waals surface area (Å²) in [5.74, 6) is 1.50. The first-order valence-corrected chi connectivity index (χ1v) is 11.2. The molecule has 7 heteroatoms. The molecular formula is C19H29N3O2S2. The Labute approximate surface area is 163 Å². The van der Waals surface area contributed by atoms with E-state index in [2.05, 4.69) is 25.7 Å². The van der Waals surface area contributed by atoms with Crippen molar-refractivity contribution in [2.45, 2.75) is 52.4 Å². The molecule has 1 aliphatic rings. The average molecular weight is 396 g/mol. The van der Waals surface area contributed by atoms with Gasteiger partial charge in [0.2, 0.25) is 0 Å². The number of morpholine rings is 1. The van der Waals surface area contributed by atoms with Crippen LogP contribution in [0, 0.1) is 19.8 Å². The molecule has 1 fully saturated rings. The number of hydrogen-bond donors (Lipinski definition) is 0. The summed E-state index contributed by atoms with van der Waals surface area (Å²) in [7, 11) is 0. The van der Waals surface area contributed by atoms with Gasteiger partial charge in [0.25, 0.3) is 5.56 Å². The Hall–Kier alpha value is -0.890. The molecule has 2 aromatic heterocycles. The van der Waals surface area contributed by atoms with Gasteiger partial charge >= 0.3 is 0 Å². The average Bonchev–Trinajstić information content (AvgIpc) is 2.87. The van der Waals surface area contributed by atoms with Crippen LogP contribution in [0.5, 0.6) is 0 Å². The van der Waals surface area contributed by atoms with Crippen LogP contribution < -0.4 is 5.56 Å². The van der Waals surface area contributed by atoms with Crippen molar-refractivity contribution in [3.63, 3.8) is 0 Å². The predicted molar refractivity (Wildman–Crippen MR) is 111 cm³/mol. The van der Waals surface area contributed by atoms with E-state index in [1.807, 2.05) is 13.8 Å². The molecule has 0 aliphatic carbocycles. The molecule has 0 saturated carbocycles. The highest BCUT2D eigenvalue weighted by Crippen LogP contribution is 2.29. The number of thioether (sulfide) groups is 1. The van der Waals surface area contributed by atoms with Crippen molar-refractivity contribution < 1.29 is 4.74 Å². The maximum atomic E-state index is 12.9. The van der Waals surface area contributed by atoms with E-state index in [0.717, 1.165) is 52.9 Å². The minimum Gasteiger partial charge on any atom is -0.375 e. The van der Waals surface area contributed by atoms with Gasteiger partial charge in [-0.1, -0.05) is 25.6 Å². The zero-order chi connectivity index (χ0) is 18.8. The van der Waals surface area contributed by atoms with E-state index in [4.69, 9.17) is 9.72 Å². The van der Waals surface area contributed by atoms with Crippen molar-refractivity contribution >= 4 is 33.3 Å². The van der Waals surface area contributed by atoms with Crippen molar-refractivity contribution in [3.8, 4) is 0 Å². The van der Waals surface area contributed by atoms with Gasteiger partial charge in [0.15, 0.2) is 5.16 Å². The molecule has 0 amide bonds. The van der Waals surface area contributed by atoms with E-state index in [1.165, 1.54) is 4.88 Å². The topological polar surface area (TPSA) is 47.4 Å². The van der Waals surface area contributed by atoms with Gasteiger partial charge in [0, 0.05) is 36.8 Å². The van der Waals surface area contributed by atoms with Crippen LogP contribution in [0.4, 0.5) is 0 Å². The third-order valence-corrected chi connectivity index (χ3v) is 7.02. The monoisotopic (exact) mass is 395 g/mol.